The summed E-state index contributed by atoms with van der Waals surface area (Å²) in [5.74, 6) is 5.64. The number of carbonyl (C=O) groups is 1. The Morgan fingerprint density at radius 3 is 2.77 bits per heavy atom. The Labute approximate surface area is 77.0 Å². The van der Waals surface area contributed by atoms with Crippen molar-refractivity contribution in [2.75, 3.05) is 6.61 Å². The molecule has 0 aromatic carbocycles. The molecule has 1 aliphatic heterocycles. The molecule has 0 aromatic heterocycles. The van der Waals surface area contributed by atoms with E-state index >= 15 is 0 Å². The second-order valence-corrected chi connectivity index (χ2v) is 3.69. The van der Waals surface area contributed by atoms with Crippen molar-refractivity contribution in [2.45, 2.75) is 31.4 Å². The first kappa shape index (κ1) is 8.77. The molecule has 5 nitrogen and oxygen atoms in total. The summed E-state index contributed by atoms with van der Waals surface area (Å²) in [6.07, 6.45) is 3.58. The van der Waals surface area contributed by atoms with E-state index in [4.69, 9.17) is 10.6 Å². The summed E-state index contributed by atoms with van der Waals surface area (Å²) in [6, 6.07) is -0.169. The lowest BCUT2D eigenvalue weighted by Crippen LogP contribution is -2.48. The maximum Gasteiger partial charge on any atom is 0.329 e. The molecular weight excluding hydrogens is 170 g/mol. The molecule has 1 saturated carbocycles. The van der Waals surface area contributed by atoms with Crippen molar-refractivity contribution < 1.29 is 9.53 Å². The number of hydrogen-bond acceptors (Lipinski definition) is 3. The lowest BCUT2D eigenvalue weighted by molar-refractivity contribution is 0.0825. The minimum absolute atomic E-state index is 0.149. The topological polar surface area (TPSA) is 76.4 Å². The van der Waals surface area contributed by atoms with Gasteiger partial charge in [-0.1, -0.05) is 0 Å². The molecule has 2 rings (SSSR count). The third-order valence-electron chi connectivity index (χ3n) is 2.67. The zero-order valence-corrected chi connectivity index (χ0v) is 7.45. The van der Waals surface area contributed by atoms with Crippen LogP contribution in [0.25, 0.3) is 0 Å². The van der Waals surface area contributed by atoms with Crippen molar-refractivity contribution in [1.29, 1.82) is 0 Å². The van der Waals surface area contributed by atoms with Gasteiger partial charge in [-0.25, -0.2) is 10.6 Å². The fraction of sp³-hybridized carbons (Fsp3) is 0.875. The monoisotopic (exact) mass is 185 g/mol. The van der Waals surface area contributed by atoms with Gasteiger partial charge in [-0.15, -0.1) is 0 Å². The average molecular weight is 185 g/mol. The first-order chi connectivity index (χ1) is 6.31. The van der Waals surface area contributed by atoms with E-state index in [1.165, 1.54) is 12.8 Å². The Balaban J connectivity index is 1.85. The zero-order valence-electron chi connectivity index (χ0n) is 7.45. The smallest absolute Gasteiger partial charge is 0.329 e. The van der Waals surface area contributed by atoms with Gasteiger partial charge in [-0.05, 0) is 25.2 Å². The highest BCUT2D eigenvalue weighted by molar-refractivity contribution is 5.73. The SMILES string of the molecule is NNC(=O)NC1CCOC1C1CC1. The zero-order chi connectivity index (χ0) is 9.26. The summed E-state index contributed by atoms with van der Waals surface area (Å²) >= 11 is 0. The van der Waals surface area contributed by atoms with Gasteiger partial charge in [-0.3, -0.25) is 5.43 Å². The number of ether oxygens (including phenoxy) is 1. The standard InChI is InChI=1S/C8H15N3O2/c9-11-8(12)10-6-3-4-13-7(6)5-1-2-5/h5-7H,1-4,9H2,(H2,10,11,12). The van der Waals surface area contributed by atoms with Gasteiger partial charge in [0.25, 0.3) is 0 Å². The van der Waals surface area contributed by atoms with Gasteiger partial charge in [0.1, 0.15) is 0 Å². The Morgan fingerprint density at radius 1 is 1.38 bits per heavy atom. The predicted molar refractivity (Wildman–Crippen MR) is 46.7 cm³/mol. The second-order valence-electron chi connectivity index (χ2n) is 3.69. The maximum absolute atomic E-state index is 11.0. The van der Waals surface area contributed by atoms with Crippen LogP contribution in [0, 0.1) is 5.92 Å². The van der Waals surface area contributed by atoms with Crippen LogP contribution in [0.2, 0.25) is 0 Å². The summed E-state index contributed by atoms with van der Waals surface area (Å²) in [7, 11) is 0. The molecule has 1 saturated heterocycles. The molecule has 5 heteroatoms. The molecule has 13 heavy (non-hydrogen) atoms. The van der Waals surface area contributed by atoms with Crippen molar-refractivity contribution in [2.24, 2.45) is 11.8 Å². The van der Waals surface area contributed by atoms with Crippen LogP contribution in [-0.2, 0) is 4.74 Å². The van der Waals surface area contributed by atoms with Crippen LogP contribution in [0.1, 0.15) is 19.3 Å². The van der Waals surface area contributed by atoms with Crippen LogP contribution in [0.5, 0.6) is 0 Å². The number of hydrogen-bond donors (Lipinski definition) is 3. The minimum atomic E-state index is -0.318. The van der Waals surface area contributed by atoms with Gasteiger partial charge in [0.2, 0.25) is 0 Å². The normalized spacial score (nSPS) is 33.0. The van der Waals surface area contributed by atoms with Gasteiger partial charge in [0.05, 0.1) is 12.1 Å². The molecule has 2 unspecified atom stereocenters. The van der Waals surface area contributed by atoms with Crippen molar-refractivity contribution in [3.05, 3.63) is 0 Å². The van der Waals surface area contributed by atoms with Gasteiger partial charge in [0, 0.05) is 6.61 Å². The Bertz CT molecular complexity index is 206. The third kappa shape index (κ3) is 1.92. The number of amides is 2. The molecule has 4 N–H and O–H groups in total. The van der Waals surface area contributed by atoms with Crippen LogP contribution in [-0.4, -0.2) is 24.8 Å². The molecule has 1 heterocycles. The fourth-order valence-electron chi connectivity index (χ4n) is 1.87. The molecule has 0 spiro atoms. The van der Waals surface area contributed by atoms with Crippen molar-refractivity contribution >= 4 is 6.03 Å². The van der Waals surface area contributed by atoms with Crippen LogP contribution in [0.3, 0.4) is 0 Å². The van der Waals surface area contributed by atoms with Crippen LogP contribution in [0.15, 0.2) is 0 Å². The van der Waals surface area contributed by atoms with E-state index in [9.17, 15) is 4.79 Å². The molecule has 2 atom stereocenters. The summed E-state index contributed by atoms with van der Waals surface area (Å²) in [5.41, 5.74) is 2.07. The first-order valence-electron chi connectivity index (χ1n) is 4.70. The average Bonchev–Trinajstić information content (AvgIpc) is 2.88. The van der Waals surface area contributed by atoms with E-state index in [1.54, 1.807) is 0 Å². The number of hydrazine groups is 1. The molecule has 1 aliphatic carbocycles. The van der Waals surface area contributed by atoms with Crippen molar-refractivity contribution in [1.82, 2.24) is 10.7 Å². The van der Waals surface area contributed by atoms with Gasteiger partial charge in [-0.2, -0.15) is 0 Å². The number of rotatable bonds is 2. The fourth-order valence-corrected chi connectivity index (χ4v) is 1.87. The summed E-state index contributed by atoms with van der Waals surface area (Å²) < 4.78 is 5.55. The van der Waals surface area contributed by atoms with E-state index < -0.39 is 0 Å². The van der Waals surface area contributed by atoms with Gasteiger partial charge >= 0.3 is 6.03 Å². The van der Waals surface area contributed by atoms with Gasteiger partial charge < -0.3 is 10.1 Å². The highest BCUT2D eigenvalue weighted by Gasteiger charge is 2.41. The lowest BCUT2D eigenvalue weighted by atomic mass is 10.1. The highest BCUT2D eigenvalue weighted by atomic mass is 16.5. The maximum atomic E-state index is 11.0. The predicted octanol–water partition coefficient (Wildman–Crippen LogP) is -0.273. The molecule has 2 fully saturated rings. The number of carbonyl (C=O) groups excluding carboxylic acids is 1. The first-order valence-corrected chi connectivity index (χ1v) is 4.70. The van der Waals surface area contributed by atoms with E-state index in [2.05, 4.69) is 10.7 Å². The molecule has 0 bridgehead atoms. The van der Waals surface area contributed by atoms with Gasteiger partial charge in [0.15, 0.2) is 0 Å². The quantitative estimate of drug-likeness (QED) is 0.315. The number of urea groups is 1. The Kier molecular flexibility index (Phi) is 2.37. The molecule has 2 aliphatic rings. The Hall–Kier alpha value is -0.810. The van der Waals surface area contributed by atoms with E-state index in [1.807, 2.05) is 0 Å². The van der Waals surface area contributed by atoms with Crippen LogP contribution < -0.4 is 16.6 Å². The lowest BCUT2D eigenvalue weighted by Gasteiger charge is -2.18. The summed E-state index contributed by atoms with van der Waals surface area (Å²) in [4.78, 5) is 11.0. The summed E-state index contributed by atoms with van der Waals surface area (Å²) in [5, 5.41) is 2.80. The number of nitrogens with one attached hydrogen (secondary N) is 2. The molecule has 0 aromatic rings. The molecule has 2 amide bonds. The third-order valence-corrected chi connectivity index (χ3v) is 2.67. The van der Waals surface area contributed by atoms with E-state index in [0.29, 0.717) is 5.92 Å². The van der Waals surface area contributed by atoms with E-state index in [-0.39, 0.29) is 18.2 Å². The summed E-state index contributed by atoms with van der Waals surface area (Å²) in [6.45, 7) is 0.747. The largest absolute Gasteiger partial charge is 0.376 e. The Morgan fingerprint density at radius 2 is 2.15 bits per heavy atom. The molecular formula is C8H15N3O2. The minimum Gasteiger partial charge on any atom is -0.376 e. The molecule has 74 valence electrons. The van der Waals surface area contributed by atoms with E-state index in [0.717, 1.165) is 13.0 Å². The van der Waals surface area contributed by atoms with Crippen LogP contribution >= 0.6 is 0 Å². The second kappa shape index (κ2) is 3.51. The highest BCUT2D eigenvalue weighted by Crippen LogP contribution is 2.38. The van der Waals surface area contributed by atoms with Crippen molar-refractivity contribution in [3.63, 3.8) is 0 Å². The number of nitrogens with two attached hydrogens (primary N) is 1. The van der Waals surface area contributed by atoms with Crippen molar-refractivity contribution in [3.8, 4) is 0 Å². The van der Waals surface area contributed by atoms with Crippen LogP contribution in [0.4, 0.5) is 4.79 Å². The molecule has 0 radical (unpaired) electrons.